The van der Waals surface area contributed by atoms with E-state index in [1.807, 2.05) is 66.7 Å². The highest BCUT2D eigenvalue weighted by molar-refractivity contribution is 14.1. The van der Waals surface area contributed by atoms with Crippen molar-refractivity contribution in [3.05, 3.63) is 90.9 Å². The summed E-state index contributed by atoms with van der Waals surface area (Å²) < 4.78 is 3.17. The maximum atomic E-state index is 10.1. The molecular weight excluding hydrogens is 539 g/mol. The number of pyridine rings is 4. The molecule has 0 saturated heterocycles. The Morgan fingerprint density at radius 2 is 1.59 bits per heavy atom. The lowest BCUT2D eigenvalue weighted by molar-refractivity contribution is 0.480. The summed E-state index contributed by atoms with van der Waals surface area (Å²) in [6.45, 7) is 2.05. The Labute approximate surface area is 210 Å². The first-order valence-electron chi connectivity index (χ1n) is 10.7. The Bertz CT molecular complexity index is 1460. The van der Waals surface area contributed by atoms with Crippen molar-refractivity contribution in [2.45, 2.75) is 13.0 Å². The van der Waals surface area contributed by atoms with Crippen molar-refractivity contribution in [2.75, 3.05) is 8.85 Å². The number of hydrogen-bond donors (Lipinski definition) is 3. The van der Waals surface area contributed by atoms with Gasteiger partial charge in [0.05, 0.1) is 57.4 Å². The topological polar surface area (TPSA) is 95.8 Å². The van der Waals surface area contributed by atoms with Crippen molar-refractivity contribution in [2.24, 2.45) is 0 Å². The maximum absolute atomic E-state index is 10.1. The first-order valence-corrected chi connectivity index (χ1v) is 11.8. The molecule has 0 aliphatic carbocycles. The second-order valence-corrected chi connectivity index (χ2v) is 8.32. The summed E-state index contributed by atoms with van der Waals surface area (Å²) >= 11 is 2.11. The number of nitrogens with one attached hydrogen (secondary N) is 2. The van der Waals surface area contributed by atoms with Gasteiger partial charge in [0.25, 0.3) is 0 Å². The van der Waals surface area contributed by atoms with Gasteiger partial charge in [-0.3, -0.25) is 9.97 Å². The molecule has 4 heterocycles. The number of aromatic hydroxyl groups is 1. The van der Waals surface area contributed by atoms with Crippen molar-refractivity contribution in [1.29, 1.82) is 0 Å². The lowest BCUT2D eigenvalue weighted by Crippen LogP contribution is -2.09. The van der Waals surface area contributed by atoms with E-state index in [0.29, 0.717) is 5.52 Å². The Hall–Kier alpha value is -3.79. The maximum Gasteiger partial charge on any atom is 0.141 e. The number of fused-ring (bicyclic) bond motifs is 1. The predicted octanol–water partition coefficient (Wildman–Crippen LogP) is 6.39. The zero-order chi connectivity index (χ0) is 23.5. The number of anilines is 2. The molecule has 168 valence electrons. The second kappa shape index (κ2) is 9.60. The van der Waals surface area contributed by atoms with Gasteiger partial charge in [0, 0.05) is 29.2 Å². The van der Waals surface area contributed by atoms with Crippen molar-refractivity contribution in [1.82, 2.24) is 19.9 Å². The molecule has 0 aliphatic heterocycles. The van der Waals surface area contributed by atoms with Gasteiger partial charge in [-0.15, -0.1) is 0 Å². The van der Waals surface area contributed by atoms with Crippen LogP contribution in [0.3, 0.4) is 0 Å². The molecule has 0 bridgehead atoms. The number of halogens is 1. The second-order valence-electron chi connectivity index (χ2n) is 7.78. The minimum Gasteiger partial charge on any atom is -0.506 e. The highest BCUT2D eigenvalue weighted by atomic mass is 127. The molecule has 3 N–H and O–H groups in total. The van der Waals surface area contributed by atoms with E-state index in [4.69, 9.17) is 9.97 Å². The van der Waals surface area contributed by atoms with Crippen LogP contribution in [-0.4, -0.2) is 25.0 Å². The van der Waals surface area contributed by atoms with E-state index in [-0.39, 0.29) is 11.8 Å². The van der Waals surface area contributed by atoms with E-state index in [1.165, 1.54) is 0 Å². The van der Waals surface area contributed by atoms with Gasteiger partial charge in [-0.05, 0) is 67.6 Å². The summed E-state index contributed by atoms with van der Waals surface area (Å²) in [4.78, 5) is 18.5. The van der Waals surface area contributed by atoms with Crippen LogP contribution in [0.25, 0.3) is 33.7 Å². The largest absolute Gasteiger partial charge is 0.506 e. The third kappa shape index (κ3) is 4.49. The highest BCUT2D eigenvalue weighted by Crippen LogP contribution is 2.32. The van der Waals surface area contributed by atoms with Crippen LogP contribution in [0.2, 0.25) is 0 Å². The summed E-state index contributed by atoms with van der Waals surface area (Å²) in [5.74, 6) is 0.160. The predicted molar refractivity (Wildman–Crippen MR) is 144 cm³/mol. The van der Waals surface area contributed by atoms with Gasteiger partial charge in [-0.25, -0.2) is 9.97 Å². The average molecular weight is 560 g/mol. The fourth-order valence-electron chi connectivity index (χ4n) is 3.79. The molecule has 0 aliphatic rings. The minimum absolute atomic E-state index is 0.0888. The molecule has 0 amide bonds. The van der Waals surface area contributed by atoms with Crippen molar-refractivity contribution < 1.29 is 5.11 Å². The Morgan fingerprint density at radius 1 is 0.794 bits per heavy atom. The summed E-state index contributed by atoms with van der Waals surface area (Å²) in [6.07, 6.45) is 3.43. The van der Waals surface area contributed by atoms with E-state index in [0.717, 1.165) is 45.2 Å². The molecule has 4 aromatic heterocycles. The number of rotatable bonds is 6. The molecule has 8 heteroatoms. The van der Waals surface area contributed by atoms with Gasteiger partial charge in [-0.1, -0.05) is 12.1 Å². The van der Waals surface area contributed by atoms with Crippen LogP contribution in [0.15, 0.2) is 85.2 Å². The van der Waals surface area contributed by atoms with Crippen LogP contribution in [0.1, 0.15) is 18.7 Å². The van der Waals surface area contributed by atoms with Crippen molar-refractivity contribution in [3.63, 3.8) is 0 Å². The number of hydrogen-bond acceptors (Lipinski definition) is 7. The van der Waals surface area contributed by atoms with E-state index in [1.54, 1.807) is 18.5 Å². The van der Waals surface area contributed by atoms with Crippen LogP contribution in [-0.2, 0) is 0 Å². The molecule has 5 rings (SSSR count). The smallest absolute Gasteiger partial charge is 0.141 e. The molecule has 0 fully saturated rings. The van der Waals surface area contributed by atoms with Gasteiger partial charge in [-0.2, -0.15) is 0 Å². The lowest BCUT2D eigenvalue weighted by atomic mass is 10.1. The molecule has 0 unspecified atom stereocenters. The zero-order valence-corrected chi connectivity index (χ0v) is 20.4. The van der Waals surface area contributed by atoms with Gasteiger partial charge in [0.1, 0.15) is 11.3 Å². The molecule has 0 spiro atoms. The van der Waals surface area contributed by atoms with Crippen LogP contribution < -0.4 is 8.85 Å². The standard InChI is InChI=1S/C26H21IN6O/c1-16(30-20-10-11-25(34)26-18(20)6-5-13-29-26)19-8-4-9-22(31-19)24-15-17(33-27)14-23(32-24)21-7-2-3-12-28-21/h2-16,30,34H,1H3,(H,32,33)/t16-/m1/s1. The fraction of sp³-hybridized carbons (Fsp3) is 0.0769. The molecular formula is C26H21IN6O. The van der Waals surface area contributed by atoms with Crippen molar-refractivity contribution in [3.8, 4) is 28.5 Å². The van der Waals surface area contributed by atoms with E-state index in [2.05, 4.69) is 48.6 Å². The summed E-state index contributed by atoms with van der Waals surface area (Å²) in [5, 5.41) is 14.5. The monoisotopic (exact) mass is 560 g/mol. The number of phenols is 1. The Morgan fingerprint density at radius 3 is 2.38 bits per heavy atom. The summed E-state index contributed by atoms with van der Waals surface area (Å²) in [5.41, 5.74) is 6.35. The lowest BCUT2D eigenvalue weighted by Gasteiger charge is -2.17. The average Bonchev–Trinajstić information content (AvgIpc) is 2.90. The first kappa shape index (κ1) is 22.0. The third-order valence-electron chi connectivity index (χ3n) is 5.46. The molecule has 0 saturated carbocycles. The van der Waals surface area contributed by atoms with Gasteiger partial charge < -0.3 is 14.0 Å². The van der Waals surface area contributed by atoms with E-state index < -0.39 is 0 Å². The first-order chi connectivity index (χ1) is 16.6. The van der Waals surface area contributed by atoms with Gasteiger partial charge in [0.15, 0.2) is 0 Å². The minimum atomic E-state index is -0.0888. The molecule has 1 atom stereocenters. The quantitative estimate of drug-likeness (QED) is 0.126. The van der Waals surface area contributed by atoms with Gasteiger partial charge >= 0.3 is 0 Å². The molecule has 7 nitrogen and oxygen atoms in total. The Balaban J connectivity index is 1.48. The SMILES string of the molecule is C[C@@H](Nc1ccc(O)c2ncccc12)c1cccc(-c2cc(NI)cc(-c3ccccn3)n2)n1. The summed E-state index contributed by atoms with van der Waals surface area (Å²) in [6, 6.07) is 22.9. The number of aromatic nitrogens is 4. The number of benzene rings is 1. The molecule has 0 radical (unpaired) electrons. The molecule has 1 aromatic carbocycles. The van der Waals surface area contributed by atoms with E-state index in [9.17, 15) is 5.11 Å². The molecule has 34 heavy (non-hydrogen) atoms. The van der Waals surface area contributed by atoms with Crippen LogP contribution in [0, 0.1) is 0 Å². The van der Waals surface area contributed by atoms with Gasteiger partial charge in [0.2, 0.25) is 0 Å². The van der Waals surface area contributed by atoms with Crippen LogP contribution in [0.4, 0.5) is 11.4 Å². The van der Waals surface area contributed by atoms with E-state index >= 15 is 0 Å². The number of nitrogens with zero attached hydrogens (tertiary/aromatic N) is 4. The van der Waals surface area contributed by atoms with Crippen molar-refractivity contribution >= 4 is 45.1 Å². The number of phenolic OH excluding ortho intramolecular Hbond substituents is 1. The highest BCUT2D eigenvalue weighted by Gasteiger charge is 2.14. The van der Waals surface area contributed by atoms with Crippen LogP contribution in [0.5, 0.6) is 5.75 Å². The zero-order valence-electron chi connectivity index (χ0n) is 18.3. The van der Waals surface area contributed by atoms with Crippen LogP contribution >= 0.6 is 22.9 Å². The molecule has 5 aromatic rings. The Kier molecular flexibility index (Phi) is 6.22. The fourth-order valence-corrected chi connectivity index (χ4v) is 4.10. The third-order valence-corrected chi connectivity index (χ3v) is 6.08. The normalized spacial score (nSPS) is 11.8. The summed E-state index contributed by atoms with van der Waals surface area (Å²) in [7, 11) is 0.